The van der Waals surface area contributed by atoms with Crippen molar-refractivity contribution in [2.45, 2.75) is 25.7 Å². The third-order valence-electron chi connectivity index (χ3n) is 4.22. The number of allylic oxidation sites excluding steroid dienone is 1. The molecule has 2 radical (unpaired) electrons. The Morgan fingerprint density at radius 2 is 1.45 bits per heavy atom. The van der Waals surface area contributed by atoms with Crippen LogP contribution < -0.4 is 0 Å². The minimum atomic E-state index is 0. The van der Waals surface area contributed by atoms with Gasteiger partial charge in [0.2, 0.25) is 0 Å². The molecule has 2 aromatic carbocycles. The maximum atomic E-state index is 2.45. The van der Waals surface area contributed by atoms with Gasteiger partial charge in [-0.25, -0.2) is 0 Å². The number of benzene rings is 2. The Kier molecular flexibility index (Phi) is 5.06. The van der Waals surface area contributed by atoms with Crippen LogP contribution in [0.2, 0.25) is 0 Å². The summed E-state index contributed by atoms with van der Waals surface area (Å²) in [5, 5.41) is 0. The SMILES string of the molecule is C1=C(c2ccccc2)c2cc3c(cc2C1)CCC3.[Li].[Li]. The summed E-state index contributed by atoms with van der Waals surface area (Å²) < 4.78 is 0. The zero-order chi connectivity index (χ0) is 11.9. The van der Waals surface area contributed by atoms with Crippen molar-refractivity contribution in [2.75, 3.05) is 0 Å². The predicted molar refractivity (Wildman–Crippen MR) is 87.2 cm³/mol. The molecule has 2 heteroatoms. The molecule has 0 aliphatic heterocycles. The monoisotopic (exact) mass is 246 g/mol. The summed E-state index contributed by atoms with van der Waals surface area (Å²) in [6, 6.07) is 15.7. The molecule has 0 bridgehead atoms. The minimum absolute atomic E-state index is 0. The van der Waals surface area contributed by atoms with Gasteiger partial charge in [0.15, 0.2) is 0 Å². The van der Waals surface area contributed by atoms with Crippen molar-refractivity contribution in [1.82, 2.24) is 0 Å². The largest absolute Gasteiger partial charge is 0.0716 e. The zero-order valence-electron chi connectivity index (χ0n) is 12.4. The van der Waals surface area contributed by atoms with Gasteiger partial charge in [0.25, 0.3) is 0 Å². The molecule has 20 heavy (non-hydrogen) atoms. The first-order valence-corrected chi connectivity index (χ1v) is 6.82. The molecule has 2 aliphatic rings. The molecule has 0 amide bonds. The Bertz CT molecular complexity index is 642. The third kappa shape index (κ3) is 2.59. The van der Waals surface area contributed by atoms with Crippen molar-refractivity contribution < 1.29 is 0 Å². The fraction of sp³-hybridized carbons (Fsp3) is 0.222. The molecule has 90 valence electrons. The molecular weight excluding hydrogens is 230 g/mol. The van der Waals surface area contributed by atoms with Crippen molar-refractivity contribution in [3.8, 4) is 0 Å². The van der Waals surface area contributed by atoms with E-state index in [-0.39, 0.29) is 37.7 Å². The van der Waals surface area contributed by atoms with E-state index < -0.39 is 0 Å². The average Bonchev–Trinajstić information content (AvgIpc) is 3.02. The Balaban J connectivity index is 0.000000735. The molecule has 0 saturated heterocycles. The number of fused-ring (bicyclic) bond motifs is 2. The molecule has 0 nitrogen and oxygen atoms in total. The molecule has 0 aromatic heterocycles. The molecule has 0 saturated carbocycles. The van der Waals surface area contributed by atoms with E-state index in [0.717, 1.165) is 6.42 Å². The minimum Gasteiger partial charge on any atom is -0.0716 e. The van der Waals surface area contributed by atoms with E-state index in [0.29, 0.717) is 0 Å². The molecule has 0 atom stereocenters. The molecule has 2 aliphatic carbocycles. The van der Waals surface area contributed by atoms with Gasteiger partial charge < -0.3 is 0 Å². The van der Waals surface area contributed by atoms with Crippen molar-refractivity contribution in [2.24, 2.45) is 0 Å². The van der Waals surface area contributed by atoms with E-state index in [9.17, 15) is 0 Å². The van der Waals surface area contributed by atoms with Gasteiger partial charge in [0.1, 0.15) is 0 Å². The number of rotatable bonds is 1. The van der Waals surface area contributed by atoms with Crippen LogP contribution in [0.3, 0.4) is 0 Å². The standard InChI is InChI=1S/C18H16.2Li/c1-2-5-13(6-3-1)17-10-9-16-11-14-7-4-8-15(14)12-18(16)17;;/h1-3,5-6,10-12H,4,7-9H2;;. The van der Waals surface area contributed by atoms with Crippen LogP contribution in [0.5, 0.6) is 0 Å². The van der Waals surface area contributed by atoms with E-state index >= 15 is 0 Å². The Hall–Kier alpha value is -0.625. The van der Waals surface area contributed by atoms with Gasteiger partial charge in [-0.1, -0.05) is 48.5 Å². The van der Waals surface area contributed by atoms with Crippen LogP contribution in [0, 0.1) is 0 Å². The van der Waals surface area contributed by atoms with Crippen LogP contribution in [0.25, 0.3) is 5.57 Å². The molecule has 4 rings (SSSR count). The van der Waals surface area contributed by atoms with Crippen molar-refractivity contribution in [3.05, 3.63) is 76.4 Å². The van der Waals surface area contributed by atoms with Crippen LogP contribution in [-0.4, -0.2) is 37.7 Å². The van der Waals surface area contributed by atoms with E-state index in [2.05, 4.69) is 48.5 Å². The summed E-state index contributed by atoms with van der Waals surface area (Å²) in [4.78, 5) is 0. The molecular formula is C18H16Li2. The molecule has 0 spiro atoms. The molecule has 2 aromatic rings. The number of hydrogen-bond donors (Lipinski definition) is 0. The fourth-order valence-electron chi connectivity index (χ4n) is 3.31. The normalized spacial score (nSPS) is 14.7. The first-order valence-electron chi connectivity index (χ1n) is 6.82. The third-order valence-corrected chi connectivity index (χ3v) is 4.22. The van der Waals surface area contributed by atoms with Gasteiger partial charge >= 0.3 is 0 Å². The maximum absolute atomic E-state index is 2.45. The van der Waals surface area contributed by atoms with E-state index in [1.165, 1.54) is 41.5 Å². The molecule has 0 unspecified atom stereocenters. The fourth-order valence-corrected chi connectivity index (χ4v) is 3.31. The number of hydrogen-bond acceptors (Lipinski definition) is 0. The summed E-state index contributed by atoms with van der Waals surface area (Å²) >= 11 is 0. The van der Waals surface area contributed by atoms with Crippen LogP contribution >= 0.6 is 0 Å². The molecule has 0 N–H and O–H groups in total. The van der Waals surface area contributed by atoms with Gasteiger partial charge in [-0.2, -0.15) is 0 Å². The first-order chi connectivity index (χ1) is 8.92. The second-order valence-electron chi connectivity index (χ2n) is 5.32. The Labute approximate surface area is 145 Å². The Morgan fingerprint density at radius 3 is 2.20 bits per heavy atom. The Morgan fingerprint density at radius 1 is 0.750 bits per heavy atom. The van der Waals surface area contributed by atoms with Gasteiger partial charge in [-0.3, -0.25) is 0 Å². The summed E-state index contributed by atoms with van der Waals surface area (Å²) in [5.74, 6) is 0. The summed E-state index contributed by atoms with van der Waals surface area (Å²) in [5.41, 5.74) is 8.96. The van der Waals surface area contributed by atoms with E-state index in [1.54, 1.807) is 11.1 Å². The summed E-state index contributed by atoms with van der Waals surface area (Å²) in [6.45, 7) is 0. The topological polar surface area (TPSA) is 0 Å². The first kappa shape index (κ1) is 15.8. The summed E-state index contributed by atoms with van der Waals surface area (Å²) in [7, 11) is 0. The van der Waals surface area contributed by atoms with Gasteiger partial charge in [-0.15, -0.1) is 0 Å². The summed E-state index contributed by atoms with van der Waals surface area (Å²) in [6.07, 6.45) is 7.37. The van der Waals surface area contributed by atoms with Crippen LogP contribution in [0.1, 0.15) is 34.2 Å². The second-order valence-corrected chi connectivity index (χ2v) is 5.32. The van der Waals surface area contributed by atoms with Gasteiger partial charge in [0, 0.05) is 37.7 Å². The van der Waals surface area contributed by atoms with Crippen molar-refractivity contribution >= 4 is 43.3 Å². The zero-order valence-corrected chi connectivity index (χ0v) is 12.4. The van der Waals surface area contributed by atoms with Gasteiger partial charge in [0.05, 0.1) is 0 Å². The van der Waals surface area contributed by atoms with Crippen LogP contribution in [-0.2, 0) is 19.3 Å². The molecule has 0 fully saturated rings. The smallest absolute Gasteiger partial charge is 0 e. The van der Waals surface area contributed by atoms with Gasteiger partial charge in [-0.05, 0) is 59.1 Å². The van der Waals surface area contributed by atoms with Crippen LogP contribution in [0.15, 0.2) is 48.5 Å². The van der Waals surface area contributed by atoms with Crippen molar-refractivity contribution in [3.63, 3.8) is 0 Å². The van der Waals surface area contributed by atoms with E-state index in [1.807, 2.05) is 0 Å². The van der Waals surface area contributed by atoms with E-state index in [4.69, 9.17) is 0 Å². The van der Waals surface area contributed by atoms with Crippen LogP contribution in [0.4, 0.5) is 0 Å². The average molecular weight is 246 g/mol. The predicted octanol–water partition coefficient (Wildman–Crippen LogP) is 3.40. The molecule has 0 heterocycles. The quantitative estimate of drug-likeness (QED) is 0.676. The maximum Gasteiger partial charge on any atom is 0 e. The van der Waals surface area contributed by atoms with Crippen molar-refractivity contribution in [1.29, 1.82) is 0 Å². The second kappa shape index (κ2) is 6.43. The number of aryl methyl sites for hydroxylation is 2.